The SMILES string of the molecule is C=C(C)CCC1=Nc2cc3cc4c(cc3cc2C1)N=C(CCC(=C)C)C4. The molecule has 2 heteroatoms. The van der Waals surface area contributed by atoms with Crippen LogP contribution in [0.1, 0.15) is 50.7 Å². The van der Waals surface area contributed by atoms with Gasteiger partial charge in [-0.05, 0) is 85.7 Å². The van der Waals surface area contributed by atoms with Crippen molar-refractivity contribution < 1.29 is 0 Å². The summed E-state index contributed by atoms with van der Waals surface area (Å²) in [6.07, 6.45) is 6.05. The second-order valence-electron chi connectivity index (χ2n) is 7.93. The van der Waals surface area contributed by atoms with Crippen LogP contribution in [0.25, 0.3) is 10.8 Å². The maximum absolute atomic E-state index is 4.87. The molecular formula is C24H26N2. The lowest BCUT2D eigenvalue weighted by Gasteiger charge is -2.05. The first-order valence-electron chi connectivity index (χ1n) is 9.49. The molecule has 0 aliphatic carbocycles. The summed E-state index contributed by atoms with van der Waals surface area (Å²) in [6, 6.07) is 9.13. The van der Waals surface area contributed by atoms with E-state index in [1.165, 1.54) is 44.5 Å². The molecule has 0 saturated heterocycles. The average molecular weight is 342 g/mol. The zero-order valence-electron chi connectivity index (χ0n) is 15.9. The molecule has 0 bridgehead atoms. The highest BCUT2D eigenvalue weighted by Gasteiger charge is 2.19. The Kier molecular flexibility index (Phi) is 4.36. The zero-order valence-corrected chi connectivity index (χ0v) is 15.9. The van der Waals surface area contributed by atoms with E-state index >= 15 is 0 Å². The van der Waals surface area contributed by atoms with E-state index in [1.54, 1.807) is 0 Å². The third kappa shape index (κ3) is 3.41. The molecule has 0 N–H and O–H groups in total. The van der Waals surface area contributed by atoms with Gasteiger partial charge in [0.05, 0.1) is 11.4 Å². The van der Waals surface area contributed by atoms with E-state index in [1.807, 2.05) is 0 Å². The lowest BCUT2D eigenvalue weighted by Crippen LogP contribution is -1.98. The molecule has 2 aliphatic rings. The molecule has 2 aliphatic heterocycles. The highest BCUT2D eigenvalue weighted by atomic mass is 14.8. The molecule has 0 unspecified atom stereocenters. The normalized spacial score (nSPS) is 14.8. The fourth-order valence-electron chi connectivity index (χ4n) is 3.77. The van der Waals surface area contributed by atoms with Gasteiger partial charge >= 0.3 is 0 Å². The van der Waals surface area contributed by atoms with Crippen molar-refractivity contribution in [2.24, 2.45) is 9.98 Å². The number of nitrogens with zero attached hydrogens (tertiary/aromatic N) is 2. The van der Waals surface area contributed by atoms with Crippen LogP contribution < -0.4 is 0 Å². The molecule has 2 aromatic carbocycles. The number of rotatable bonds is 6. The summed E-state index contributed by atoms with van der Waals surface area (Å²) in [5.41, 5.74) is 10.0. The molecule has 132 valence electrons. The van der Waals surface area contributed by atoms with Gasteiger partial charge in [0.2, 0.25) is 0 Å². The number of hydrogen-bond acceptors (Lipinski definition) is 2. The van der Waals surface area contributed by atoms with Crippen LogP contribution in [-0.2, 0) is 12.8 Å². The standard InChI is InChI=1S/C24H26N2/c1-15(2)5-7-21-11-19-9-17-14-24-20(10-18(17)13-23(19)25-21)12-22(26-24)8-6-16(3)4/h9-10,13-14H,1,3,5-8,11-12H2,2,4H3. The van der Waals surface area contributed by atoms with Gasteiger partial charge in [0.25, 0.3) is 0 Å². The first kappa shape index (κ1) is 17.0. The molecule has 0 radical (unpaired) electrons. The Labute approximate surface area is 156 Å². The van der Waals surface area contributed by atoms with Crippen molar-refractivity contribution in [2.45, 2.75) is 52.4 Å². The van der Waals surface area contributed by atoms with E-state index in [2.05, 4.69) is 51.3 Å². The van der Waals surface area contributed by atoms with E-state index < -0.39 is 0 Å². The van der Waals surface area contributed by atoms with Crippen LogP contribution in [0.4, 0.5) is 11.4 Å². The van der Waals surface area contributed by atoms with E-state index in [-0.39, 0.29) is 0 Å². The third-order valence-corrected chi connectivity index (χ3v) is 5.26. The number of hydrogen-bond donors (Lipinski definition) is 0. The maximum atomic E-state index is 4.87. The summed E-state index contributed by atoms with van der Waals surface area (Å²) >= 11 is 0. The second kappa shape index (κ2) is 6.68. The van der Waals surface area contributed by atoms with Gasteiger partial charge in [0, 0.05) is 24.3 Å². The fraction of sp³-hybridized carbons (Fsp3) is 0.333. The van der Waals surface area contributed by atoms with Gasteiger partial charge in [-0.25, -0.2) is 0 Å². The summed E-state index contributed by atoms with van der Waals surface area (Å²) < 4.78 is 0. The van der Waals surface area contributed by atoms with Crippen LogP contribution in [0, 0.1) is 0 Å². The molecule has 0 aromatic heterocycles. The van der Waals surface area contributed by atoms with Crippen molar-refractivity contribution in [3.63, 3.8) is 0 Å². The Morgan fingerprint density at radius 2 is 1.19 bits per heavy atom. The summed E-state index contributed by atoms with van der Waals surface area (Å²) in [5.74, 6) is 0. The van der Waals surface area contributed by atoms with Gasteiger partial charge < -0.3 is 0 Å². The number of fused-ring (bicyclic) bond motifs is 3. The van der Waals surface area contributed by atoms with E-state index in [9.17, 15) is 0 Å². The molecule has 0 fully saturated rings. The molecule has 4 rings (SSSR count). The molecule has 0 spiro atoms. The minimum atomic E-state index is 0.975. The Morgan fingerprint density at radius 3 is 1.58 bits per heavy atom. The van der Waals surface area contributed by atoms with Crippen molar-refractivity contribution in [2.75, 3.05) is 0 Å². The predicted molar refractivity (Wildman–Crippen MR) is 114 cm³/mol. The van der Waals surface area contributed by atoms with Crippen molar-refractivity contribution in [1.82, 2.24) is 0 Å². The van der Waals surface area contributed by atoms with Crippen LogP contribution in [0.3, 0.4) is 0 Å². The Bertz CT molecular complexity index is 908. The lowest BCUT2D eigenvalue weighted by atomic mass is 9.98. The summed E-state index contributed by atoms with van der Waals surface area (Å²) in [4.78, 5) is 9.74. The van der Waals surface area contributed by atoms with Gasteiger partial charge in [-0.1, -0.05) is 11.1 Å². The average Bonchev–Trinajstić information content (AvgIpc) is 3.16. The molecule has 26 heavy (non-hydrogen) atoms. The van der Waals surface area contributed by atoms with E-state index in [0.29, 0.717) is 0 Å². The Hall–Kier alpha value is -2.48. The number of benzene rings is 2. The highest BCUT2D eigenvalue weighted by Crippen LogP contribution is 2.37. The predicted octanol–water partition coefficient (Wildman–Crippen LogP) is 6.81. The third-order valence-electron chi connectivity index (χ3n) is 5.26. The Morgan fingerprint density at radius 1 is 0.769 bits per heavy atom. The largest absolute Gasteiger partial charge is 0.257 e. The first-order valence-corrected chi connectivity index (χ1v) is 9.49. The van der Waals surface area contributed by atoms with E-state index in [0.717, 1.165) is 49.9 Å². The van der Waals surface area contributed by atoms with Crippen LogP contribution in [0.15, 0.2) is 58.6 Å². The smallest absolute Gasteiger partial charge is 0.0671 e. The summed E-state index contributed by atoms with van der Waals surface area (Å²) in [7, 11) is 0. The fourth-order valence-corrected chi connectivity index (χ4v) is 3.77. The second-order valence-corrected chi connectivity index (χ2v) is 7.93. The minimum absolute atomic E-state index is 0.975. The van der Waals surface area contributed by atoms with Crippen LogP contribution in [-0.4, -0.2) is 11.4 Å². The molecule has 2 heterocycles. The topological polar surface area (TPSA) is 24.7 Å². The van der Waals surface area contributed by atoms with Gasteiger partial charge in [-0.2, -0.15) is 0 Å². The lowest BCUT2D eigenvalue weighted by molar-refractivity contribution is 1.01. The van der Waals surface area contributed by atoms with Gasteiger partial charge in [-0.3, -0.25) is 9.98 Å². The maximum Gasteiger partial charge on any atom is 0.0671 e. The molecule has 2 nitrogen and oxygen atoms in total. The van der Waals surface area contributed by atoms with Gasteiger partial charge in [0.15, 0.2) is 0 Å². The molecule has 0 saturated carbocycles. The molecular weight excluding hydrogens is 316 g/mol. The minimum Gasteiger partial charge on any atom is -0.257 e. The summed E-state index contributed by atoms with van der Waals surface area (Å²) in [5, 5.41) is 2.56. The van der Waals surface area contributed by atoms with Crippen molar-refractivity contribution >= 4 is 33.6 Å². The molecule has 2 aromatic rings. The monoisotopic (exact) mass is 342 g/mol. The zero-order chi connectivity index (χ0) is 18.3. The quantitative estimate of drug-likeness (QED) is 0.515. The summed E-state index contributed by atoms with van der Waals surface area (Å²) in [6.45, 7) is 12.2. The van der Waals surface area contributed by atoms with Crippen molar-refractivity contribution in [1.29, 1.82) is 0 Å². The first-order chi connectivity index (χ1) is 12.5. The molecule has 0 amide bonds. The van der Waals surface area contributed by atoms with E-state index in [4.69, 9.17) is 9.98 Å². The molecule has 0 atom stereocenters. The van der Waals surface area contributed by atoms with Gasteiger partial charge in [-0.15, -0.1) is 13.2 Å². The number of aliphatic imine (C=N–C) groups is 2. The van der Waals surface area contributed by atoms with Crippen molar-refractivity contribution in [3.05, 3.63) is 59.7 Å². The Balaban J connectivity index is 1.58. The van der Waals surface area contributed by atoms with Gasteiger partial charge in [0.1, 0.15) is 0 Å². The van der Waals surface area contributed by atoms with Crippen LogP contribution >= 0.6 is 0 Å². The number of allylic oxidation sites excluding steroid dienone is 2. The van der Waals surface area contributed by atoms with Crippen LogP contribution in [0.2, 0.25) is 0 Å². The van der Waals surface area contributed by atoms with Crippen molar-refractivity contribution in [3.8, 4) is 0 Å². The highest BCUT2D eigenvalue weighted by molar-refractivity contribution is 6.01. The van der Waals surface area contributed by atoms with Crippen LogP contribution in [0.5, 0.6) is 0 Å².